The van der Waals surface area contributed by atoms with Crippen molar-refractivity contribution in [3.05, 3.63) is 18.3 Å². The molecule has 1 aromatic heterocycles. The summed E-state index contributed by atoms with van der Waals surface area (Å²) in [6.07, 6.45) is 2.11. The van der Waals surface area contributed by atoms with Crippen LogP contribution in [0.15, 0.2) is 18.3 Å². The van der Waals surface area contributed by atoms with Gasteiger partial charge in [-0.15, -0.1) is 0 Å². The molecule has 0 saturated carbocycles. The molecule has 6 heteroatoms. The molecule has 2 rings (SSSR count). The first-order chi connectivity index (χ1) is 9.58. The highest BCUT2D eigenvalue weighted by molar-refractivity contribution is 5.88. The lowest BCUT2D eigenvalue weighted by atomic mass is 10.2. The predicted octanol–water partition coefficient (Wildman–Crippen LogP) is 1.84. The summed E-state index contributed by atoms with van der Waals surface area (Å²) in [5, 5.41) is 5.41. The molecule has 1 aromatic rings. The van der Waals surface area contributed by atoms with Gasteiger partial charge in [0.25, 0.3) is 0 Å². The quantitative estimate of drug-likeness (QED) is 0.885. The molecular weight excluding hydrogens is 256 g/mol. The van der Waals surface area contributed by atoms with Crippen LogP contribution in [0.2, 0.25) is 0 Å². The van der Waals surface area contributed by atoms with E-state index in [-0.39, 0.29) is 18.2 Å². The summed E-state index contributed by atoms with van der Waals surface area (Å²) < 4.78 is 5.73. The maximum absolute atomic E-state index is 11.5. The first-order valence-corrected chi connectivity index (χ1v) is 6.99. The Morgan fingerprint density at radius 2 is 2.15 bits per heavy atom. The number of carbonyl (C=O) groups excluding carboxylic acids is 1. The Morgan fingerprint density at radius 1 is 1.45 bits per heavy atom. The van der Waals surface area contributed by atoms with E-state index in [2.05, 4.69) is 34.4 Å². The van der Waals surface area contributed by atoms with E-state index >= 15 is 0 Å². The Balaban J connectivity index is 2.07. The van der Waals surface area contributed by atoms with Crippen molar-refractivity contribution in [3.8, 4) is 0 Å². The molecule has 2 atom stereocenters. The number of morpholine rings is 1. The smallest absolute Gasteiger partial charge is 0.320 e. The molecule has 20 heavy (non-hydrogen) atoms. The molecule has 0 aromatic carbocycles. The average Bonchev–Trinajstić information content (AvgIpc) is 2.38. The highest BCUT2D eigenvalue weighted by Crippen LogP contribution is 2.21. The van der Waals surface area contributed by atoms with Crippen LogP contribution in [0.4, 0.5) is 16.3 Å². The van der Waals surface area contributed by atoms with E-state index in [9.17, 15) is 4.79 Å². The molecule has 0 spiro atoms. The summed E-state index contributed by atoms with van der Waals surface area (Å²) in [5.74, 6) is 0.556. The zero-order chi connectivity index (χ0) is 14.5. The first-order valence-electron chi connectivity index (χ1n) is 6.99. The Kier molecular flexibility index (Phi) is 4.79. The summed E-state index contributed by atoms with van der Waals surface area (Å²) in [4.78, 5) is 17.9. The van der Waals surface area contributed by atoms with Crippen molar-refractivity contribution in [1.29, 1.82) is 0 Å². The number of ether oxygens (including phenoxy) is 1. The second-order valence-electron chi connectivity index (χ2n) is 5.05. The van der Waals surface area contributed by atoms with Crippen molar-refractivity contribution >= 4 is 17.5 Å². The third-order valence-corrected chi connectivity index (χ3v) is 3.11. The lowest BCUT2D eigenvalue weighted by molar-refractivity contribution is -0.00522. The number of aromatic nitrogens is 1. The van der Waals surface area contributed by atoms with Crippen molar-refractivity contribution in [2.75, 3.05) is 29.9 Å². The number of amides is 2. The maximum Gasteiger partial charge on any atom is 0.320 e. The summed E-state index contributed by atoms with van der Waals surface area (Å²) in [5.41, 5.74) is 1.05. The minimum Gasteiger partial charge on any atom is -0.372 e. The fraction of sp³-hybridized carbons (Fsp3) is 0.571. The Bertz CT molecular complexity index is 456. The van der Waals surface area contributed by atoms with Gasteiger partial charge in [-0.05, 0) is 26.8 Å². The molecule has 0 unspecified atom stereocenters. The maximum atomic E-state index is 11.5. The molecule has 0 aliphatic carbocycles. The predicted molar refractivity (Wildman–Crippen MR) is 79.2 cm³/mol. The van der Waals surface area contributed by atoms with Gasteiger partial charge in [-0.25, -0.2) is 9.78 Å². The summed E-state index contributed by atoms with van der Waals surface area (Å²) >= 11 is 0. The largest absolute Gasteiger partial charge is 0.372 e. The first kappa shape index (κ1) is 14.6. The van der Waals surface area contributed by atoms with Crippen molar-refractivity contribution in [1.82, 2.24) is 10.3 Å². The monoisotopic (exact) mass is 278 g/mol. The van der Waals surface area contributed by atoms with Gasteiger partial charge >= 0.3 is 6.03 Å². The third-order valence-electron chi connectivity index (χ3n) is 3.11. The van der Waals surface area contributed by atoms with E-state index in [1.165, 1.54) is 0 Å². The fourth-order valence-corrected chi connectivity index (χ4v) is 2.39. The molecule has 0 radical (unpaired) electrons. The Hall–Kier alpha value is -1.82. The van der Waals surface area contributed by atoms with Crippen molar-refractivity contribution in [2.24, 2.45) is 0 Å². The van der Waals surface area contributed by atoms with Crippen LogP contribution in [0, 0.1) is 0 Å². The minimum atomic E-state index is -0.235. The second-order valence-corrected chi connectivity index (χ2v) is 5.05. The normalized spacial score (nSPS) is 22.4. The van der Waals surface area contributed by atoms with Crippen LogP contribution in [0.5, 0.6) is 0 Å². The van der Waals surface area contributed by atoms with Crippen molar-refractivity contribution < 1.29 is 9.53 Å². The number of hydrogen-bond donors (Lipinski definition) is 2. The Morgan fingerprint density at radius 3 is 2.80 bits per heavy atom. The molecule has 2 N–H and O–H groups in total. The van der Waals surface area contributed by atoms with Gasteiger partial charge < -0.3 is 15.0 Å². The van der Waals surface area contributed by atoms with Gasteiger partial charge in [-0.1, -0.05) is 0 Å². The van der Waals surface area contributed by atoms with E-state index in [0.29, 0.717) is 12.4 Å². The molecule has 110 valence electrons. The van der Waals surface area contributed by atoms with Gasteiger partial charge in [0.05, 0.1) is 12.2 Å². The number of carbonyl (C=O) groups is 1. The lowest BCUT2D eigenvalue weighted by Crippen LogP contribution is -2.45. The van der Waals surface area contributed by atoms with E-state index in [0.717, 1.165) is 18.8 Å². The number of urea groups is 1. The van der Waals surface area contributed by atoms with Crippen LogP contribution in [0.25, 0.3) is 0 Å². The molecule has 1 fully saturated rings. The zero-order valence-electron chi connectivity index (χ0n) is 12.2. The molecular formula is C14H22N4O2. The van der Waals surface area contributed by atoms with Crippen molar-refractivity contribution in [2.45, 2.75) is 33.0 Å². The number of nitrogens with zero attached hydrogens (tertiary/aromatic N) is 2. The lowest BCUT2D eigenvalue weighted by Gasteiger charge is -2.36. The van der Waals surface area contributed by atoms with Gasteiger partial charge in [-0.3, -0.25) is 5.32 Å². The number of pyridine rings is 1. The SMILES string of the molecule is CCNC(=O)Nc1cc(N2C[C@@H](C)O[C@@H](C)C2)ccn1. The van der Waals surface area contributed by atoms with Crippen LogP contribution >= 0.6 is 0 Å². The second kappa shape index (κ2) is 6.56. The average molecular weight is 278 g/mol. The zero-order valence-corrected chi connectivity index (χ0v) is 12.2. The van der Waals surface area contributed by atoms with E-state index < -0.39 is 0 Å². The number of anilines is 2. The molecule has 2 amide bonds. The minimum absolute atomic E-state index is 0.201. The molecule has 1 saturated heterocycles. The van der Waals surface area contributed by atoms with Crippen LogP contribution in [0.1, 0.15) is 20.8 Å². The standard InChI is InChI=1S/C14H22N4O2/c1-4-15-14(19)17-13-7-12(5-6-16-13)18-8-10(2)20-11(3)9-18/h5-7,10-11H,4,8-9H2,1-3H3,(H2,15,16,17,19)/t10-,11+. The van der Waals surface area contributed by atoms with Gasteiger partial charge in [-0.2, -0.15) is 0 Å². The van der Waals surface area contributed by atoms with Gasteiger partial charge in [0, 0.05) is 37.6 Å². The fourth-order valence-electron chi connectivity index (χ4n) is 2.39. The summed E-state index contributed by atoms with van der Waals surface area (Å²) in [6.45, 7) is 8.28. The number of hydrogen-bond acceptors (Lipinski definition) is 4. The van der Waals surface area contributed by atoms with Gasteiger partial charge in [0.2, 0.25) is 0 Å². The summed E-state index contributed by atoms with van der Waals surface area (Å²) in [6, 6.07) is 3.61. The van der Waals surface area contributed by atoms with Gasteiger partial charge in [0.1, 0.15) is 5.82 Å². The molecule has 0 bridgehead atoms. The van der Waals surface area contributed by atoms with Crippen LogP contribution in [-0.2, 0) is 4.74 Å². The number of nitrogens with one attached hydrogen (secondary N) is 2. The van der Waals surface area contributed by atoms with Crippen molar-refractivity contribution in [3.63, 3.8) is 0 Å². The Labute approximate surface area is 119 Å². The number of rotatable bonds is 3. The topological polar surface area (TPSA) is 66.5 Å². The third kappa shape index (κ3) is 3.84. The summed E-state index contributed by atoms with van der Waals surface area (Å²) in [7, 11) is 0. The molecule has 1 aliphatic heterocycles. The van der Waals surface area contributed by atoms with Crippen LogP contribution in [-0.4, -0.2) is 42.9 Å². The van der Waals surface area contributed by atoms with E-state index in [4.69, 9.17) is 4.74 Å². The molecule has 6 nitrogen and oxygen atoms in total. The highest BCUT2D eigenvalue weighted by Gasteiger charge is 2.22. The van der Waals surface area contributed by atoms with Gasteiger partial charge in [0.15, 0.2) is 0 Å². The van der Waals surface area contributed by atoms with Crippen LogP contribution in [0.3, 0.4) is 0 Å². The molecule has 1 aliphatic rings. The van der Waals surface area contributed by atoms with E-state index in [1.807, 2.05) is 19.1 Å². The highest BCUT2D eigenvalue weighted by atomic mass is 16.5. The molecule has 2 heterocycles. The van der Waals surface area contributed by atoms with E-state index in [1.54, 1.807) is 6.20 Å². The van der Waals surface area contributed by atoms with Crippen LogP contribution < -0.4 is 15.5 Å².